The zero-order valence-electron chi connectivity index (χ0n) is 17.5. The molecule has 0 heterocycles. The van der Waals surface area contributed by atoms with Gasteiger partial charge in [-0.2, -0.15) is 18.4 Å². The highest BCUT2D eigenvalue weighted by Crippen LogP contribution is 2.37. The number of halogens is 7. The molecule has 0 atom stereocenters. The quantitative estimate of drug-likeness (QED) is 0.258. The van der Waals surface area contributed by atoms with E-state index >= 15 is 0 Å². The van der Waals surface area contributed by atoms with Gasteiger partial charge >= 0.3 is 6.18 Å². The largest absolute Gasteiger partial charge is 0.417 e. The molecule has 0 aliphatic rings. The number of rotatable bonds is 2. The Labute approximate surface area is 198 Å². The number of hydrogen-bond donors (Lipinski definition) is 0. The highest BCUT2D eigenvalue weighted by atomic mass is 19.4. The Kier molecular flexibility index (Phi) is 6.81. The maximum atomic E-state index is 14.8. The first-order chi connectivity index (χ1) is 17.0. The van der Waals surface area contributed by atoms with Gasteiger partial charge in [-0.25, -0.2) is 32.5 Å². The molecule has 0 aliphatic carbocycles. The van der Waals surface area contributed by atoms with Gasteiger partial charge in [0.25, 0.3) is 11.4 Å². The van der Waals surface area contributed by atoms with Crippen molar-refractivity contribution in [2.24, 2.45) is 0 Å². The van der Waals surface area contributed by atoms with E-state index in [4.69, 9.17) is 18.4 Å². The van der Waals surface area contributed by atoms with E-state index in [1.165, 1.54) is 12.1 Å². The van der Waals surface area contributed by atoms with Gasteiger partial charge in [-0.1, -0.05) is 36.4 Å². The molecule has 0 radical (unpaired) electrons. The number of alkyl halides is 3. The summed E-state index contributed by atoms with van der Waals surface area (Å²) in [7, 11) is 0. The molecule has 0 unspecified atom stereocenters. The maximum absolute atomic E-state index is 14.8. The van der Waals surface area contributed by atoms with E-state index in [0.29, 0.717) is 6.07 Å². The van der Waals surface area contributed by atoms with Gasteiger partial charge in [-0.15, -0.1) is 0 Å². The van der Waals surface area contributed by atoms with Crippen molar-refractivity contribution in [2.45, 2.75) is 6.18 Å². The van der Waals surface area contributed by atoms with Crippen LogP contribution >= 0.6 is 0 Å². The lowest BCUT2D eigenvalue weighted by atomic mass is 9.92. The first-order valence-electron chi connectivity index (χ1n) is 9.48. The third-order valence-corrected chi connectivity index (χ3v) is 5.02. The molecule has 4 nitrogen and oxygen atoms in total. The fourth-order valence-electron chi connectivity index (χ4n) is 3.44. The lowest BCUT2D eigenvalue weighted by Crippen LogP contribution is -2.19. The second-order valence-electron chi connectivity index (χ2n) is 6.95. The average Bonchev–Trinajstić information content (AvgIpc) is 2.86. The number of benzene rings is 3. The van der Waals surface area contributed by atoms with Gasteiger partial charge in [-0.05, 0) is 22.4 Å². The van der Waals surface area contributed by atoms with Gasteiger partial charge in [0.2, 0.25) is 0 Å². The normalized spacial score (nSPS) is 12.5. The minimum atomic E-state index is -4.94. The summed E-state index contributed by atoms with van der Waals surface area (Å²) in [6.45, 7) is 13.8. The Bertz CT molecular complexity index is 1670. The van der Waals surface area contributed by atoms with Crippen LogP contribution < -0.4 is 10.4 Å². The Morgan fingerprint density at radius 2 is 1.42 bits per heavy atom. The Hall–Kier alpha value is -5.13. The van der Waals surface area contributed by atoms with Crippen molar-refractivity contribution in [3.05, 3.63) is 110 Å². The molecule has 0 saturated heterocycles. The van der Waals surface area contributed by atoms with Gasteiger partial charge < -0.3 is 0 Å². The molecule has 0 saturated carbocycles. The van der Waals surface area contributed by atoms with E-state index < -0.39 is 73.9 Å². The molecule has 36 heavy (non-hydrogen) atoms. The standard InChI is InChI=1S/C25H7F7N4/c1-35-18(11-34)12-7-8-13(15(9-12)14-5-3-4-6-17(14)25(30,31)32)16(10-33)19-20(26)22(28)24(36-2)23(29)21(19)27/h3-9H/b16-13+,18-12+. The smallest absolute Gasteiger partial charge is 0.232 e. The van der Waals surface area contributed by atoms with E-state index in [1.54, 1.807) is 6.07 Å². The molecule has 3 aromatic rings. The van der Waals surface area contributed by atoms with Crippen LogP contribution in [0.15, 0.2) is 42.5 Å². The average molecular weight is 496 g/mol. The predicted molar refractivity (Wildman–Crippen MR) is 112 cm³/mol. The first kappa shape index (κ1) is 25.5. The van der Waals surface area contributed by atoms with E-state index in [0.717, 1.165) is 30.3 Å². The van der Waals surface area contributed by atoms with E-state index in [2.05, 4.69) is 9.69 Å². The highest BCUT2D eigenvalue weighted by molar-refractivity contribution is 5.84. The molecule has 0 aliphatic heterocycles. The van der Waals surface area contributed by atoms with Crippen LogP contribution in [0, 0.1) is 59.1 Å². The van der Waals surface area contributed by atoms with Gasteiger partial charge in [0.15, 0.2) is 23.3 Å². The van der Waals surface area contributed by atoms with Crippen LogP contribution in [0.25, 0.3) is 32.1 Å². The van der Waals surface area contributed by atoms with Gasteiger partial charge in [0.1, 0.15) is 6.07 Å². The molecule has 3 aromatic carbocycles. The zero-order valence-corrected chi connectivity index (χ0v) is 17.5. The number of nitrogens with zero attached hydrogens (tertiary/aromatic N) is 4. The summed E-state index contributed by atoms with van der Waals surface area (Å²) in [6.07, 6.45) is -4.94. The van der Waals surface area contributed by atoms with Crippen LogP contribution in [-0.2, 0) is 6.18 Å². The summed E-state index contributed by atoms with van der Waals surface area (Å²) in [4.78, 5) is 5.36. The minimum absolute atomic E-state index is 0.179. The Morgan fingerprint density at radius 3 is 1.92 bits per heavy atom. The summed E-state index contributed by atoms with van der Waals surface area (Å²) >= 11 is 0. The van der Waals surface area contributed by atoms with E-state index in [-0.39, 0.29) is 5.22 Å². The van der Waals surface area contributed by atoms with Gasteiger partial charge in [0.05, 0.1) is 35.9 Å². The second kappa shape index (κ2) is 9.62. The highest BCUT2D eigenvalue weighted by Gasteiger charge is 2.34. The van der Waals surface area contributed by atoms with Crippen LogP contribution in [0.5, 0.6) is 0 Å². The molecule has 0 N–H and O–H groups in total. The van der Waals surface area contributed by atoms with Crippen molar-refractivity contribution in [2.75, 3.05) is 0 Å². The van der Waals surface area contributed by atoms with Crippen molar-refractivity contribution < 1.29 is 30.7 Å². The topological polar surface area (TPSA) is 56.3 Å². The SMILES string of the molecule is [C-]#[N+]/C(C#N)=c1\cc/c(=C(/C#N)c2c(F)c(F)c([N+]#[C-])c(F)c2F)c(-c2ccccc2C(F)(F)F)c1. The van der Waals surface area contributed by atoms with E-state index in [9.17, 15) is 36.0 Å². The molecule has 0 bridgehead atoms. The Balaban J connectivity index is 2.68. The zero-order chi connectivity index (χ0) is 26.8. The van der Waals surface area contributed by atoms with E-state index in [1.807, 2.05) is 0 Å². The number of hydrogen-bond acceptors (Lipinski definition) is 2. The van der Waals surface area contributed by atoms with Crippen LogP contribution in [-0.4, -0.2) is 0 Å². The summed E-state index contributed by atoms with van der Waals surface area (Å²) in [5.74, 6) is -8.37. The van der Waals surface area contributed by atoms with Crippen LogP contribution in [0.1, 0.15) is 11.1 Å². The lowest BCUT2D eigenvalue weighted by Gasteiger charge is -2.15. The van der Waals surface area contributed by atoms with Crippen molar-refractivity contribution in [1.82, 2.24) is 0 Å². The van der Waals surface area contributed by atoms with Crippen molar-refractivity contribution in [3.63, 3.8) is 0 Å². The number of nitriles is 2. The maximum Gasteiger partial charge on any atom is 0.417 e. The van der Waals surface area contributed by atoms with Crippen molar-refractivity contribution in [1.29, 1.82) is 10.5 Å². The summed E-state index contributed by atoms with van der Waals surface area (Å²) < 4.78 is 99.4. The summed E-state index contributed by atoms with van der Waals surface area (Å²) in [5.41, 5.74) is -7.09. The molecule has 11 heteroatoms. The van der Waals surface area contributed by atoms with Crippen LogP contribution in [0.3, 0.4) is 0 Å². The van der Waals surface area contributed by atoms with Crippen molar-refractivity contribution in [3.8, 4) is 23.3 Å². The molecule has 176 valence electrons. The lowest BCUT2D eigenvalue weighted by molar-refractivity contribution is -0.137. The Morgan fingerprint density at radius 1 is 0.806 bits per heavy atom. The minimum Gasteiger partial charge on any atom is -0.232 e. The van der Waals surface area contributed by atoms with Crippen molar-refractivity contribution >= 4 is 17.0 Å². The summed E-state index contributed by atoms with van der Waals surface area (Å²) in [5, 5.41) is 18.1. The molecule has 0 spiro atoms. The molecular weight excluding hydrogens is 489 g/mol. The molecular formula is C25H7F7N4. The molecule has 0 fully saturated rings. The third-order valence-electron chi connectivity index (χ3n) is 5.02. The van der Waals surface area contributed by atoms with Gasteiger partial charge in [-0.3, -0.25) is 0 Å². The van der Waals surface area contributed by atoms with Crippen LogP contribution in [0.2, 0.25) is 0 Å². The first-order valence-corrected chi connectivity index (χ1v) is 9.48. The second-order valence-corrected chi connectivity index (χ2v) is 6.95. The fraction of sp³-hybridized carbons (Fsp3) is 0.0400. The summed E-state index contributed by atoms with van der Waals surface area (Å²) in [6, 6.07) is 9.68. The van der Waals surface area contributed by atoms with Gasteiger partial charge in [0, 0.05) is 5.22 Å². The molecule has 0 amide bonds. The predicted octanol–water partition coefficient (Wildman–Crippen LogP) is 5.75. The van der Waals surface area contributed by atoms with Crippen LogP contribution in [0.4, 0.5) is 36.4 Å². The molecule has 0 aromatic heterocycles. The molecule has 3 rings (SSSR count). The fourth-order valence-corrected chi connectivity index (χ4v) is 3.44. The monoisotopic (exact) mass is 496 g/mol. The third kappa shape index (κ3) is 4.22.